The van der Waals surface area contributed by atoms with E-state index in [4.69, 9.17) is 15.6 Å². The maximum Gasteiger partial charge on any atom is 0.244 e. The van der Waals surface area contributed by atoms with Gasteiger partial charge in [-0.05, 0) is 37.5 Å². The van der Waals surface area contributed by atoms with Crippen LogP contribution in [0.1, 0.15) is 18.9 Å². The fraction of sp³-hybridized carbons (Fsp3) is 0.500. The number of aryl methyl sites for hydroxylation is 1. The summed E-state index contributed by atoms with van der Waals surface area (Å²) in [5, 5.41) is 8.96. The summed E-state index contributed by atoms with van der Waals surface area (Å²) in [4.78, 5) is 0.0440. The van der Waals surface area contributed by atoms with Gasteiger partial charge in [-0.25, -0.2) is 13.1 Å². The lowest BCUT2D eigenvalue weighted by Crippen LogP contribution is -2.35. The summed E-state index contributed by atoms with van der Waals surface area (Å²) in [7, 11) is -3.75. The number of sulfonamides is 1. The Hall–Kier alpha value is -1.31. The van der Waals surface area contributed by atoms with E-state index in [2.05, 4.69) is 4.72 Å². The van der Waals surface area contributed by atoms with Crippen LogP contribution in [0.2, 0.25) is 0 Å². The summed E-state index contributed by atoms with van der Waals surface area (Å²) >= 11 is 0. The van der Waals surface area contributed by atoms with Gasteiger partial charge in [-0.3, -0.25) is 0 Å². The number of nitrogens with two attached hydrogens (primary N) is 1. The smallest absolute Gasteiger partial charge is 0.244 e. The van der Waals surface area contributed by atoms with Gasteiger partial charge in [0.05, 0.1) is 13.2 Å². The zero-order chi connectivity index (χ0) is 14.0. The third kappa shape index (κ3) is 2.99. The van der Waals surface area contributed by atoms with Gasteiger partial charge < -0.3 is 15.6 Å². The molecule has 0 saturated carbocycles. The van der Waals surface area contributed by atoms with Gasteiger partial charge in [-0.15, -0.1) is 0 Å². The lowest BCUT2D eigenvalue weighted by molar-refractivity contribution is 0.264. The van der Waals surface area contributed by atoms with E-state index in [0.29, 0.717) is 18.0 Å². The number of benzene rings is 1. The predicted octanol–water partition coefficient (Wildman–Crippen LogP) is 0.253. The van der Waals surface area contributed by atoms with E-state index in [1.54, 1.807) is 13.0 Å². The van der Waals surface area contributed by atoms with Gasteiger partial charge in [0, 0.05) is 11.7 Å². The number of nitrogens with one attached hydrogen (secondary N) is 1. The van der Waals surface area contributed by atoms with Gasteiger partial charge in [0.2, 0.25) is 10.0 Å². The minimum Gasteiger partial charge on any atom is -0.492 e. The molecule has 6 nitrogen and oxygen atoms in total. The highest BCUT2D eigenvalue weighted by atomic mass is 32.2. The molecule has 0 saturated heterocycles. The van der Waals surface area contributed by atoms with Crippen LogP contribution in [0.25, 0.3) is 0 Å². The van der Waals surface area contributed by atoms with Gasteiger partial charge >= 0.3 is 0 Å². The second kappa shape index (κ2) is 5.36. The average molecular weight is 286 g/mol. The van der Waals surface area contributed by atoms with Crippen LogP contribution in [0.4, 0.5) is 5.69 Å². The Morgan fingerprint density at radius 3 is 2.95 bits per heavy atom. The Morgan fingerprint density at radius 2 is 2.26 bits per heavy atom. The van der Waals surface area contributed by atoms with E-state index < -0.39 is 16.1 Å². The number of hydrogen-bond acceptors (Lipinski definition) is 5. The highest BCUT2D eigenvalue weighted by Gasteiger charge is 2.26. The second-order valence-electron chi connectivity index (χ2n) is 4.66. The minimum atomic E-state index is -3.75. The molecule has 19 heavy (non-hydrogen) atoms. The van der Waals surface area contributed by atoms with Crippen molar-refractivity contribution in [2.24, 2.45) is 0 Å². The number of anilines is 1. The van der Waals surface area contributed by atoms with Gasteiger partial charge in [0.1, 0.15) is 10.6 Å². The maximum atomic E-state index is 12.3. The van der Waals surface area contributed by atoms with Crippen molar-refractivity contribution >= 4 is 15.7 Å². The third-order valence-corrected chi connectivity index (χ3v) is 4.51. The molecule has 0 fully saturated rings. The van der Waals surface area contributed by atoms with Crippen molar-refractivity contribution in [1.82, 2.24) is 4.72 Å². The average Bonchev–Trinajstić information content (AvgIpc) is 2.37. The summed E-state index contributed by atoms with van der Waals surface area (Å²) in [6.45, 7) is 1.80. The van der Waals surface area contributed by atoms with E-state index in [-0.39, 0.29) is 11.5 Å². The zero-order valence-electron chi connectivity index (χ0n) is 10.7. The normalized spacial score (nSPS) is 16.5. The Morgan fingerprint density at radius 1 is 1.53 bits per heavy atom. The Kier molecular flexibility index (Phi) is 3.98. The number of fused-ring (bicyclic) bond motifs is 1. The van der Waals surface area contributed by atoms with Crippen LogP contribution in [0.5, 0.6) is 5.75 Å². The first kappa shape index (κ1) is 14.1. The van der Waals surface area contributed by atoms with E-state index in [0.717, 1.165) is 18.4 Å². The minimum absolute atomic E-state index is 0.0440. The second-order valence-corrected chi connectivity index (χ2v) is 6.35. The molecule has 1 aromatic carbocycles. The summed E-state index contributed by atoms with van der Waals surface area (Å²) in [5.74, 6) is 0.373. The Bertz CT molecular complexity index is 571. The Labute approximate surface area is 112 Å². The molecular formula is C12H18N2O4S. The Balaban J connectivity index is 2.46. The number of ether oxygens (including phenoxy) is 1. The van der Waals surface area contributed by atoms with E-state index >= 15 is 0 Å². The van der Waals surface area contributed by atoms with Gasteiger partial charge in [0.15, 0.2) is 0 Å². The maximum absolute atomic E-state index is 12.3. The third-order valence-electron chi connectivity index (χ3n) is 2.91. The SMILES string of the molecule is C[C@@H](CO)NS(=O)(=O)c1cc(N)cc2c1OCCC2. The number of rotatable bonds is 4. The molecule has 0 aliphatic carbocycles. The monoisotopic (exact) mass is 286 g/mol. The van der Waals surface area contributed by atoms with Crippen molar-refractivity contribution in [3.63, 3.8) is 0 Å². The molecule has 0 bridgehead atoms. The van der Waals surface area contributed by atoms with Gasteiger partial charge in [-0.2, -0.15) is 0 Å². The molecule has 1 atom stereocenters. The fourth-order valence-electron chi connectivity index (χ4n) is 2.04. The summed E-state index contributed by atoms with van der Waals surface area (Å²) in [6, 6.07) is 2.56. The first-order valence-corrected chi connectivity index (χ1v) is 7.60. The van der Waals surface area contributed by atoms with E-state index in [1.165, 1.54) is 6.07 Å². The van der Waals surface area contributed by atoms with Crippen molar-refractivity contribution in [2.45, 2.75) is 30.7 Å². The van der Waals surface area contributed by atoms with Crippen LogP contribution in [0, 0.1) is 0 Å². The predicted molar refractivity (Wildman–Crippen MR) is 71.5 cm³/mol. The first-order valence-electron chi connectivity index (χ1n) is 6.12. The van der Waals surface area contributed by atoms with E-state index in [9.17, 15) is 8.42 Å². The highest BCUT2D eigenvalue weighted by molar-refractivity contribution is 7.89. The van der Waals surface area contributed by atoms with E-state index in [1.807, 2.05) is 0 Å². The molecule has 1 aromatic rings. The van der Waals surface area contributed by atoms with Crippen molar-refractivity contribution in [1.29, 1.82) is 0 Å². The highest BCUT2D eigenvalue weighted by Crippen LogP contribution is 2.34. The molecule has 1 heterocycles. The van der Waals surface area contributed by atoms with Crippen LogP contribution in [0.15, 0.2) is 17.0 Å². The van der Waals surface area contributed by atoms with Crippen LogP contribution < -0.4 is 15.2 Å². The molecule has 0 spiro atoms. The van der Waals surface area contributed by atoms with Gasteiger partial charge in [-0.1, -0.05) is 0 Å². The van der Waals surface area contributed by atoms with Crippen molar-refractivity contribution in [3.8, 4) is 5.75 Å². The molecule has 1 aliphatic heterocycles. The van der Waals surface area contributed by atoms with Crippen molar-refractivity contribution in [2.75, 3.05) is 18.9 Å². The lowest BCUT2D eigenvalue weighted by atomic mass is 10.1. The van der Waals surface area contributed by atoms with Crippen molar-refractivity contribution < 1.29 is 18.3 Å². The molecule has 1 aliphatic rings. The molecule has 0 radical (unpaired) electrons. The number of aliphatic hydroxyl groups is 1. The van der Waals surface area contributed by atoms with Crippen LogP contribution >= 0.6 is 0 Å². The summed E-state index contributed by atoms with van der Waals surface area (Å²) in [6.07, 6.45) is 1.59. The molecule has 0 aromatic heterocycles. The van der Waals surface area contributed by atoms with Crippen LogP contribution in [-0.4, -0.2) is 32.8 Å². The molecule has 2 rings (SSSR count). The van der Waals surface area contributed by atoms with Crippen molar-refractivity contribution in [3.05, 3.63) is 17.7 Å². The van der Waals surface area contributed by atoms with Gasteiger partial charge in [0.25, 0.3) is 0 Å². The number of nitrogen functional groups attached to an aromatic ring is 1. The topological polar surface area (TPSA) is 102 Å². The summed E-state index contributed by atoms with van der Waals surface area (Å²) < 4.78 is 32.4. The first-order chi connectivity index (χ1) is 8.94. The molecule has 106 valence electrons. The molecule has 7 heteroatoms. The standard InChI is InChI=1S/C12H18N2O4S/c1-8(7-15)14-19(16,17)11-6-10(13)5-9-3-2-4-18-12(9)11/h5-6,8,14-15H,2-4,7,13H2,1H3/t8-/m0/s1. The number of aliphatic hydroxyl groups excluding tert-OH is 1. The van der Waals surface area contributed by atoms with Crippen LogP contribution in [0.3, 0.4) is 0 Å². The lowest BCUT2D eigenvalue weighted by Gasteiger charge is -2.22. The number of hydrogen-bond donors (Lipinski definition) is 3. The van der Waals surface area contributed by atoms with Crippen LogP contribution in [-0.2, 0) is 16.4 Å². The zero-order valence-corrected chi connectivity index (χ0v) is 11.5. The fourth-order valence-corrected chi connectivity index (χ4v) is 3.49. The molecule has 0 amide bonds. The summed E-state index contributed by atoms with van der Waals surface area (Å²) in [5.41, 5.74) is 6.94. The molecule has 0 unspecified atom stereocenters. The quantitative estimate of drug-likeness (QED) is 0.689. The molecular weight excluding hydrogens is 268 g/mol. The largest absolute Gasteiger partial charge is 0.492 e. The molecule has 4 N–H and O–H groups in total.